The highest BCUT2D eigenvalue weighted by atomic mass is 16.4. The third kappa shape index (κ3) is 7.63. The van der Waals surface area contributed by atoms with Crippen molar-refractivity contribution < 1.29 is 29.7 Å². The molecule has 7 N–H and O–H groups in total. The average Bonchev–Trinajstić information content (AvgIpc) is 2.60. The van der Waals surface area contributed by atoms with Gasteiger partial charge in [-0.25, -0.2) is 4.79 Å². The lowest BCUT2D eigenvalue weighted by Gasteiger charge is -2.23. The number of nitrogens with one attached hydrogen (secondary N) is 2. The minimum absolute atomic E-state index is 0.0137. The van der Waals surface area contributed by atoms with Gasteiger partial charge in [0.15, 0.2) is 0 Å². The number of carboxylic acid groups (broad SMARTS) is 1. The Morgan fingerprint density at radius 3 is 2.07 bits per heavy atom. The monoisotopic (exact) mass is 381 g/mol. The van der Waals surface area contributed by atoms with Crippen LogP contribution < -0.4 is 16.4 Å². The highest BCUT2D eigenvalue weighted by Crippen LogP contribution is 2.12. The van der Waals surface area contributed by atoms with E-state index in [-0.39, 0.29) is 24.5 Å². The number of rotatable bonds is 10. The number of hydrogen-bond donors (Lipinski definition) is 6. The van der Waals surface area contributed by atoms with Gasteiger partial charge in [0.25, 0.3) is 0 Å². The number of carbonyl (C=O) groups is 3. The number of amides is 2. The number of phenols is 1. The maximum atomic E-state index is 12.6. The number of aliphatic hydroxyl groups excluding tert-OH is 1. The molecule has 2 amide bonds. The number of phenolic OH excluding ortho intramolecular Hbond substituents is 1. The molecule has 0 bridgehead atoms. The van der Waals surface area contributed by atoms with Gasteiger partial charge in [0.2, 0.25) is 11.8 Å². The molecule has 0 heterocycles. The number of aliphatic hydroxyl groups is 1. The zero-order chi connectivity index (χ0) is 20.6. The molecule has 1 rings (SSSR count). The Kier molecular flexibility index (Phi) is 8.70. The van der Waals surface area contributed by atoms with Gasteiger partial charge in [0.05, 0.1) is 6.61 Å². The van der Waals surface area contributed by atoms with Gasteiger partial charge in [-0.2, -0.15) is 0 Å². The van der Waals surface area contributed by atoms with E-state index in [0.717, 1.165) is 0 Å². The van der Waals surface area contributed by atoms with Crippen LogP contribution in [0.3, 0.4) is 0 Å². The number of aliphatic carboxylic acids is 1. The topological polar surface area (TPSA) is 162 Å². The summed E-state index contributed by atoms with van der Waals surface area (Å²) in [4.78, 5) is 36.0. The second-order valence-corrected chi connectivity index (χ2v) is 6.75. The third-order valence-electron chi connectivity index (χ3n) is 3.86. The average molecular weight is 381 g/mol. The lowest BCUT2D eigenvalue weighted by atomic mass is 10.0. The fourth-order valence-electron chi connectivity index (χ4n) is 2.40. The molecule has 150 valence electrons. The summed E-state index contributed by atoms with van der Waals surface area (Å²) in [7, 11) is 0. The van der Waals surface area contributed by atoms with Crippen LogP contribution in [-0.4, -0.2) is 57.8 Å². The molecule has 0 radical (unpaired) electrons. The van der Waals surface area contributed by atoms with E-state index in [2.05, 4.69) is 10.6 Å². The zero-order valence-corrected chi connectivity index (χ0v) is 15.4. The Morgan fingerprint density at radius 2 is 1.59 bits per heavy atom. The Balaban J connectivity index is 2.85. The van der Waals surface area contributed by atoms with Crippen molar-refractivity contribution in [1.29, 1.82) is 0 Å². The van der Waals surface area contributed by atoms with E-state index in [1.807, 2.05) is 13.8 Å². The summed E-state index contributed by atoms with van der Waals surface area (Å²) in [6.45, 7) is 3.13. The number of aromatic hydroxyl groups is 1. The Labute approximate surface area is 157 Å². The predicted octanol–water partition coefficient (Wildman–Crippen LogP) is -0.645. The highest BCUT2D eigenvalue weighted by Gasteiger charge is 2.28. The molecule has 0 aliphatic rings. The van der Waals surface area contributed by atoms with Crippen LogP contribution in [0.15, 0.2) is 24.3 Å². The van der Waals surface area contributed by atoms with Crippen LogP contribution in [0.2, 0.25) is 0 Å². The maximum Gasteiger partial charge on any atom is 0.326 e. The quantitative estimate of drug-likeness (QED) is 0.314. The van der Waals surface area contributed by atoms with E-state index in [9.17, 15) is 24.6 Å². The van der Waals surface area contributed by atoms with Gasteiger partial charge in [0, 0.05) is 6.42 Å². The van der Waals surface area contributed by atoms with Crippen molar-refractivity contribution in [3.8, 4) is 5.75 Å². The first-order valence-electron chi connectivity index (χ1n) is 8.62. The van der Waals surface area contributed by atoms with Crippen molar-refractivity contribution in [2.24, 2.45) is 11.7 Å². The first kappa shape index (κ1) is 22.4. The molecule has 1 aromatic rings. The van der Waals surface area contributed by atoms with Crippen LogP contribution >= 0.6 is 0 Å². The van der Waals surface area contributed by atoms with Crippen LogP contribution in [0.5, 0.6) is 5.75 Å². The first-order chi connectivity index (χ1) is 12.6. The molecule has 0 saturated heterocycles. The van der Waals surface area contributed by atoms with Gasteiger partial charge in [-0.05, 0) is 30.0 Å². The minimum Gasteiger partial charge on any atom is -0.508 e. The largest absolute Gasteiger partial charge is 0.508 e. The molecular formula is C18H27N3O6. The molecule has 0 aliphatic carbocycles. The maximum absolute atomic E-state index is 12.6. The fourth-order valence-corrected chi connectivity index (χ4v) is 2.40. The Morgan fingerprint density at radius 1 is 1.04 bits per heavy atom. The second-order valence-electron chi connectivity index (χ2n) is 6.75. The zero-order valence-electron chi connectivity index (χ0n) is 15.4. The van der Waals surface area contributed by atoms with Gasteiger partial charge in [-0.1, -0.05) is 26.0 Å². The normalized spacial score (nSPS) is 14.3. The van der Waals surface area contributed by atoms with Crippen molar-refractivity contribution in [3.63, 3.8) is 0 Å². The minimum atomic E-state index is -1.22. The Hall–Kier alpha value is -2.65. The molecule has 0 aromatic heterocycles. The summed E-state index contributed by atoms with van der Waals surface area (Å²) in [5.74, 6) is -2.46. The number of hydrogen-bond acceptors (Lipinski definition) is 6. The van der Waals surface area contributed by atoms with Gasteiger partial charge in [0.1, 0.15) is 23.9 Å². The van der Waals surface area contributed by atoms with Crippen LogP contribution in [0, 0.1) is 5.92 Å². The highest BCUT2D eigenvalue weighted by molar-refractivity contribution is 5.91. The molecule has 9 nitrogen and oxygen atoms in total. The molecule has 0 aliphatic heterocycles. The van der Waals surface area contributed by atoms with Crippen molar-refractivity contribution in [2.75, 3.05) is 6.61 Å². The molecular weight excluding hydrogens is 354 g/mol. The van der Waals surface area contributed by atoms with E-state index in [0.29, 0.717) is 5.56 Å². The number of nitrogens with two attached hydrogens (primary N) is 1. The summed E-state index contributed by atoms with van der Waals surface area (Å²) in [5, 5.41) is 32.5. The van der Waals surface area contributed by atoms with Crippen LogP contribution in [0.1, 0.15) is 25.8 Å². The fraction of sp³-hybridized carbons (Fsp3) is 0.500. The van der Waals surface area contributed by atoms with E-state index < -0.39 is 42.5 Å². The van der Waals surface area contributed by atoms with Gasteiger partial charge < -0.3 is 31.7 Å². The number of carbonyl (C=O) groups excluding carboxylic acids is 2. The van der Waals surface area contributed by atoms with Crippen molar-refractivity contribution in [2.45, 2.75) is 44.8 Å². The summed E-state index contributed by atoms with van der Waals surface area (Å²) < 4.78 is 0. The van der Waals surface area contributed by atoms with E-state index in [1.165, 1.54) is 12.1 Å². The van der Waals surface area contributed by atoms with Gasteiger partial charge in [-0.15, -0.1) is 0 Å². The van der Waals surface area contributed by atoms with E-state index in [4.69, 9.17) is 10.8 Å². The smallest absolute Gasteiger partial charge is 0.326 e. The summed E-state index contributed by atoms with van der Waals surface area (Å²) in [5.41, 5.74) is 6.07. The number of carboxylic acids is 1. The number of benzene rings is 1. The van der Waals surface area contributed by atoms with Crippen LogP contribution in [-0.2, 0) is 20.8 Å². The van der Waals surface area contributed by atoms with Crippen LogP contribution in [0.25, 0.3) is 0 Å². The van der Waals surface area contributed by atoms with Gasteiger partial charge >= 0.3 is 5.97 Å². The predicted molar refractivity (Wildman–Crippen MR) is 97.8 cm³/mol. The SMILES string of the molecule is CC(C)CC(NC(=O)C(N)CO)C(=O)NC(Cc1ccc(O)cc1)C(=O)O. The first-order valence-corrected chi connectivity index (χ1v) is 8.62. The lowest BCUT2D eigenvalue weighted by molar-refractivity contribution is -0.142. The van der Waals surface area contributed by atoms with Crippen molar-refractivity contribution in [3.05, 3.63) is 29.8 Å². The van der Waals surface area contributed by atoms with E-state index in [1.54, 1.807) is 12.1 Å². The van der Waals surface area contributed by atoms with Crippen molar-refractivity contribution >= 4 is 17.8 Å². The van der Waals surface area contributed by atoms with E-state index >= 15 is 0 Å². The summed E-state index contributed by atoms with van der Waals surface area (Å²) >= 11 is 0. The molecule has 9 heteroatoms. The molecule has 0 fully saturated rings. The molecule has 3 unspecified atom stereocenters. The summed E-state index contributed by atoms with van der Waals surface area (Å²) in [6, 6.07) is 2.62. The lowest BCUT2D eigenvalue weighted by Crippen LogP contribution is -2.55. The van der Waals surface area contributed by atoms with Crippen molar-refractivity contribution in [1.82, 2.24) is 10.6 Å². The second kappa shape index (κ2) is 10.5. The van der Waals surface area contributed by atoms with Gasteiger partial charge in [-0.3, -0.25) is 9.59 Å². The van der Waals surface area contributed by atoms with Crippen LogP contribution in [0.4, 0.5) is 0 Å². The molecule has 1 aromatic carbocycles. The standard InChI is InChI=1S/C18H27N3O6/c1-10(2)7-14(20-16(24)13(19)9-22)17(25)21-15(18(26)27)8-11-3-5-12(23)6-4-11/h3-6,10,13-15,22-23H,7-9,19H2,1-2H3,(H,20,24)(H,21,25)(H,26,27). The molecule has 27 heavy (non-hydrogen) atoms. The molecule has 3 atom stereocenters. The molecule has 0 spiro atoms. The third-order valence-corrected chi connectivity index (χ3v) is 3.86. The Bertz CT molecular complexity index is 647. The summed E-state index contributed by atoms with van der Waals surface area (Å²) in [6.07, 6.45) is 0.293. The molecule has 0 saturated carbocycles.